The first-order valence-electron chi connectivity index (χ1n) is 4.91. The van der Waals surface area contributed by atoms with E-state index in [0.717, 1.165) is 19.5 Å². The maximum absolute atomic E-state index is 12.9. The fraction of sp³-hybridized carbons (Fsp3) is 0.889. The van der Waals surface area contributed by atoms with E-state index in [2.05, 4.69) is 5.32 Å². The number of hydrogen-bond donors (Lipinski definition) is 1. The van der Waals surface area contributed by atoms with Crippen molar-refractivity contribution in [3.8, 4) is 0 Å². The number of piperazine rings is 1. The van der Waals surface area contributed by atoms with Gasteiger partial charge in [-0.15, -0.1) is 0 Å². The quantitative estimate of drug-likeness (QED) is 0.639. The van der Waals surface area contributed by atoms with Gasteiger partial charge in [0, 0.05) is 19.1 Å². The zero-order valence-corrected chi connectivity index (χ0v) is 7.63. The lowest BCUT2D eigenvalue weighted by Gasteiger charge is -2.32. The van der Waals surface area contributed by atoms with Crippen LogP contribution in [-0.2, 0) is 4.79 Å². The Bertz CT molecular complexity index is 210. The second-order valence-electron chi connectivity index (χ2n) is 3.83. The summed E-state index contributed by atoms with van der Waals surface area (Å²) in [5.74, 6) is 0.130. The van der Waals surface area contributed by atoms with Gasteiger partial charge in [0.15, 0.2) is 0 Å². The number of nitrogens with zero attached hydrogens (tertiary/aromatic N) is 1. The molecule has 2 unspecified atom stereocenters. The molecule has 1 heterocycles. The van der Waals surface area contributed by atoms with Crippen molar-refractivity contribution in [1.29, 1.82) is 0 Å². The number of amides is 1. The first kappa shape index (κ1) is 8.94. The van der Waals surface area contributed by atoms with E-state index in [4.69, 9.17) is 0 Å². The van der Waals surface area contributed by atoms with Crippen LogP contribution in [0.2, 0.25) is 0 Å². The number of carbonyl (C=O) groups excluding carboxylic acids is 1. The maximum Gasteiger partial charge on any atom is 0.236 e. The van der Waals surface area contributed by atoms with E-state index < -0.39 is 6.17 Å². The molecule has 2 aliphatic rings. The molecule has 1 aliphatic carbocycles. The van der Waals surface area contributed by atoms with Gasteiger partial charge < -0.3 is 10.2 Å². The summed E-state index contributed by atoms with van der Waals surface area (Å²) in [5, 5.41) is 3.01. The molecule has 0 spiro atoms. The van der Waals surface area contributed by atoms with Gasteiger partial charge in [0.05, 0.1) is 6.54 Å². The predicted octanol–water partition coefficient (Wildman–Crippen LogP) is 0.309. The summed E-state index contributed by atoms with van der Waals surface area (Å²) in [6.45, 7) is 2.02. The van der Waals surface area contributed by atoms with Crippen molar-refractivity contribution in [2.24, 2.45) is 0 Å². The lowest BCUT2D eigenvalue weighted by atomic mass is 10.2. The highest BCUT2D eigenvalue weighted by Gasteiger charge is 2.32. The molecule has 1 saturated heterocycles. The van der Waals surface area contributed by atoms with Crippen LogP contribution in [0, 0.1) is 0 Å². The van der Waals surface area contributed by atoms with Crippen LogP contribution in [0.3, 0.4) is 0 Å². The Hall–Kier alpha value is -0.640. The standard InChI is InChI=1S/C9H15FN2O/c10-7-1-2-8(5-7)12-4-3-11-6-9(12)13/h7-8,11H,1-6H2. The second kappa shape index (κ2) is 3.62. The van der Waals surface area contributed by atoms with Crippen molar-refractivity contribution < 1.29 is 9.18 Å². The van der Waals surface area contributed by atoms with E-state index in [1.54, 1.807) is 0 Å². The Morgan fingerprint density at radius 2 is 2.31 bits per heavy atom. The van der Waals surface area contributed by atoms with Gasteiger partial charge in [0.1, 0.15) is 6.17 Å². The van der Waals surface area contributed by atoms with Crippen molar-refractivity contribution in [2.45, 2.75) is 31.5 Å². The highest BCUT2D eigenvalue weighted by Crippen LogP contribution is 2.26. The summed E-state index contributed by atoms with van der Waals surface area (Å²) >= 11 is 0. The third-order valence-corrected chi connectivity index (χ3v) is 2.91. The highest BCUT2D eigenvalue weighted by atomic mass is 19.1. The van der Waals surface area contributed by atoms with E-state index in [-0.39, 0.29) is 11.9 Å². The van der Waals surface area contributed by atoms with E-state index in [9.17, 15) is 9.18 Å². The predicted molar refractivity (Wildman–Crippen MR) is 47.1 cm³/mol. The molecule has 1 aliphatic heterocycles. The van der Waals surface area contributed by atoms with Crippen LogP contribution in [-0.4, -0.2) is 42.7 Å². The average Bonchev–Trinajstić information content (AvgIpc) is 2.53. The summed E-state index contributed by atoms with van der Waals surface area (Å²) in [4.78, 5) is 13.3. The lowest BCUT2D eigenvalue weighted by Crippen LogP contribution is -2.51. The molecule has 0 radical (unpaired) electrons. The molecule has 0 aromatic rings. The molecule has 4 heteroatoms. The summed E-state index contributed by atoms with van der Waals surface area (Å²) < 4.78 is 12.9. The second-order valence-corrected chi connectivity index (χ2v) is 3.83. The highest BCUT2D eigenvalue weighted by molar-refractivity contribution is 5.79. The monoisotopic (exact) mass is 186 g/mol. The minimum Gasteiger partial charge on any atom is -0.337 e. The molecule has 2 atom stereocenters. The Labute approximate surface area is 77.3 Å². The van der Waals surface area contributed by atoms with Gasteiger partial charge in [-0.25, -0.2) is 4.39 Å². The van der Waals surface area contributed by atoms with Crippen molar-refractivity contribution >= 4 is 5.91 Å². The molecule has 1 amide bonds. The number of rotatable bonds is 1. The summed E-state index contributed by atoms with van der Waals surface area (Å²) in [6.07, 6.45) is 1.33. The lowest BCUT2D eigenvalue weighted by molar-refractivity contribution is -0.134. The zero-order valence-electron chi connectivity index (χ0n) is 7.63. The van der Waals surface area contributed by atoms with Gasteiger partial charge in [-0.1, -0.05) is 0 Å². The minimum atomic E-state index is -0.687. The Morgan fingerprint density at radius 1 is 1.46 bits per heavy atom. The molecule has 1 N–H and O–H groups in total. The first-order valence-corrected chi connectivity index (χ1v) is 4.91. The van der Waals surface area contributed by atoms with E-state index in [0.29, 0.717) is 19.4 Å². The van der Waals surface area contributed by atoms with Crippen LogP contribution >= 0.6 is 0 Å². The van der Waals surface area contributed by atoms with Gasteiger partial charge in [0.2, 0.25) is 5.91 Å². The fourth-order valence-electron chi connectivity index (χ4n) is 2.19. The number of halogens is 1. The molecule has 2 fully saturated rings. The average molecular weight is 186 g/mol. The van der Waals surface area contributed by atoms with E-state index in [1.165, 1.54) is 0 Å². The third kappa shape index (κ3) is 1.82. The normalized spacial score (nSPS) is 35.5. The number of alkyl halides is 1. The summed E-state index contributed by atoms with van der Waals surface area (Å²) in [7, 11) is 0. The van der Waals surface area contributed by atoms with Crippen molar-refractivity contribution in [3.05, 3.63) is 0 Å². The van der Waals surface area contributed by atoms with E-state index in [1.807, 2.05) is 4.90 Å². The molecule has 0 bridgehead atoms. The van der Waals surface area contributed by atoms with Gasteiger partial charge in [-0.2, -0.15) is 0 Å². The molecule has 2 rings (SSSR count). The van der Waals surface area contributed by atoms with Crippen LogP contribution < -0.4 is 5.32 Å². The maximum atomic E-state index is 12.9. The Morgan fingerprint density at radius 3 is 2.92 bits per heavy atom. The summed E-state index contributed by atoms with van der Waals surface area (Å²) in [6, 6.07) is 0.171. The first-order chi connectivity index (χ1) is 6.27. The SMILES string of the molecule is O=C1CNCCN1C1CCC(F)C1. The molecule has 3 nitrogen and oxygen atoms in total. The van der Waals surface area contributed by atoms with E-state index >= 15 is 0 Å². The minimum absolute atomic E-state index is 0.130. The molecular weight excluding hydrogens is 171 g/mol. The number of carbonyl (C=O) groups is 1. The third-order valence-electron chi connectivity index (χ3n) is 2.91. The topological polar surface area (TPSA) is 32.3 Å². The summed E-state index contributed by atoms with van der Waals surface area (Å²) in [5.41, 5.74) is 0. The van der Waals surface area contributed by atoms with Gasteiger partial charge >= 0.3 is 0 Å². The van der Waals surface area contributed by atoms with Crippen LogP contribution in [0.4, 0.5) is 4.39 Å². The number of nitrogens with one attached hydrogen (secondary N) is 1. The molecule has 74 valence electrons. The van der Waals surface area contributed by atoms with Crippen LogP contribution in [0.25, 0.3) is 0 Å². The zero-order chi connectivity index (χ0) is 9.26. The molecular formula is C9H15FN2O. The molecule has 13 heavy (non-hydrogen) atoms. The Kier molecular flexibility index (Phi) is 2.49. The molecule has 0 aromatic heterocycles. The van der Waals surface area contributed by atoms with Crippen LogP contribution in [0.5, 0.6) is 0 Å². The molecule has 0 aromatic carbocycles. The Balaban J connectivity index is 1.95. The van der Waals surface area contributed by atoms with Crippen LogP contribution in [0.1, 0.15) is 19.3 Å². The fourth-order valence-corrected chi connectivity index (χ4v) is 2.19. The van der Waals surface area contributed by atoms with Crippen LogP contribution in [0.15, 0.2) is 0 Å². The molecule has 1 saturated carbocycles. The van der Waals surface area contributed by atoms with Gasteiger partial charge in [0.25, 0.3) is 0 Å². The van der Waals surface area contributed by atoms with Crippen molar-refractivity contribution in [1.82, 2.24) is 10.2 Å². The van der Waals surface area contributed by atoms with Crippen molar-refractivity contribution in [2.75, 3.05) is 19.6 Å². The smallest absolute Gasteiger partial charge is 0.236 e. The van der Waals surface area contributed by atoms with Gasteiger partial charge in [-0.05, 0) is 19.3 Å². The largest absolute Gasteiger partial charge is 0.337 e. The number of hydrogen-bond acceptors (Lipinski definition) is 2. The van der Waals surface area contributed by atoms with Crippen molar-refractivity contribution in [3.63, 3.8) is 0 Å². The van der Waals surface area contributed by atoms with Gasteiger partial charge in [-0.3, -0.25) is 4.79 Å².